The van der Waals surface area contributed by atoms with Gasteiger partial charge in [-0.15, -0.1) is 0 Å². The van der Waals surface area contributed by atoms with Crippen LogP contribution in [0.5, 0.6) is 0 Å². The number of benzene rings is 2. The molecule has 0 aliphatic rings. The number of hydrogen-bond acceptors (Lipinski definition) is 5. The van der Waals surface area contributed by atoms with E-state index in [0.29, 0.717) is 45.3 Å². The quantitative estimate of drug-likeness (QED) is 0.149. The van der Waals surface area contributed by atoms with Crippen molar-refractivity contribution >= 4 is 46.1 Å². The fourth-order valence-corrected chi connectivity index (χ4v) is 3.88. The van der Waals surface area contributed by atoms with Crippen molar-refractivity contribution in [3.63, 3.8) is 0 Å². The van der Waals surface area contributed by atoms with E-state index in [0.717, 1.165) is 11.1 Å². The molecule has 4 rings (SSSR count). The Kier molecular flexibility index (Phi) is 9.07. The minimum Gasteiger partial charge on any atom is -0.396 e. The van der Waals surface area contributed by atoms with Gasteiger partial charge in [-0.1, -0.05) is 30.7 Å². The van der Waals surface area contributed by atoms with Gasteiger partial charge in [-0.3, -0.25) is 14.8 Å². The molecule has 0 aliphatic carbocycles. The second kappa shape index (κ2) is 12.4. The van der Waals surface area contributed by atoms with Crippen molar-refractivity contribution < 1.29 is 9.18 Å². The van der Waals surface area contributed by atoms with Gasteiger partial charge in [0.2, 0.25) is 6.41 Å². The largest absolute Gasteiger partial charge is 0.396 e. The number of amidine groups is 1. The maximum Gasteiger partial charge on any atom is 0.204 e. The van der Waals surface area contributed by atoms with Gasteiger partial charge >= 0.3 is 0 Å². The molecule has 0 spiro atoms. The summed E-state index contributed by atoms with van der Waals surface area (Å²) in [6, 6.07) is 19.1. The number of carbonyl (C=O) groups excluding carboxylic acids is 1. The Hall–Kier alpha value is -4.30. The number of halogens is 2. The molecule has 7 nitrogen and oxygen atoms in total. The van der Waals surface area contributed by atoms with Crippen LogP contribution in [0, 0.1) is 5.82 Å². The molecular formula is C27H26ClFN6O. The third kappa shape index (κ3) is 6.64. The van der Waals surface area contributed by atoms with Crippen molar-refractivity contribution in [3.05, 3.63) is 107 Å². The number of fused-ring (bicyclic) bond motifs is 1. The SMILES string of the molecule is CC(CC(N)=N/C(=C(\N)c1cc(Cl)c2ncccc2c1)c1ccc(F)cc1)c1ccccn1.NC=O. The van der Waals surface area contributed by atoms with Crippen molar-refractivity contribution in [1.29, 1.82) is 0 Å². The number of aromatic nitrogens is 2. The lowest BCUT2D eigenvalue weighted by Crippen LogP contribution is -2.16. The molecule has 2 heterocycles. The first-order valence-corrected chi connectivity index (χ1v) is 11.4. The highest BCUT2D eigenvalue weighted by atomic mass is 35.5. The van der Waals surface area contributed by atoms with Gasteiger partial charge in [0.25, 0.3) is 0 Å². The normalized spacial score (nSPS) is 12.8. The third-order valence-electron chi connectivity index (χ3n) is 5.31. The molecule has 4 aromatic rings. The smallest absolute Gasteiger partial charge is 0.204 e. The molecule has 6 N–H and O–H groups in total. The maximum atomic E-state index is 13.6. The lowest BCUT2D eigenvalue weighted by molar-refractivity contribution is -0.106. The lowest BCUT2D eigenvalue weighted by Gasteiger charge is -2.14. The van der Waals surface area contributed by atoms with Gasteiger partial charge in [0, 0.05) is 46.9 Å². The Morgan fingerprint density at radius 2 is 1.72 bits per heavy atom. The zero-order chi connectivity index (χ0) is 26.1. The second-order valence-corrected chi connectivity index (χ2v) is 8.31. The molecule has 2 aromatic heterocycles. The number of primary amides is 1. The number of hydrogen-bond donors (Lipinski definition) is 3. The summed E-state index contributed by atoms with van der Waals surface area (Å²) in [4.78, 5) is 22.0. The molecule has 0 saturated carbocycles. The van der Waals surface area contributed by atoms with Crippen LogP contribution < -0.4 is 17.2 Å². The first-order chi connectivity index (χ1) is 17.3. The Morgan fingerprint density at radius 1 is 1.03 bits per heavy atom. The molecule has 1 atom stereocenters. The molecule has 0 aliphatic heterocycles. The number of carbonyl (C=O) groups is 1. The van der Waals surface area contributed by atoms with Crippen LogP contribution >= 0.6 is 11.6 Å². The van der Waals surface area contributed by atoms with E-state index in [1.807, 2.05) is 43.3 Å². The Balaban J connectivity index is 0.00000115. The van der Waals surface area contributed by atoms with E-state index in [4.69, 9.17) is 27.9 Å². The van der Waals surface area contributed by atoms with Crippen LogP contribution in [0.25, 0.3) is 22.3 Å². The van der Waals surface area contributed by atoms with E-state index >= 15 is 0 Å². The van der Waals surface area contributed by atoms with Crippen molar-refractivity contribution in [1.82, 2.24) is 9.97 Å². The molecule has 0 saturated heterocycles. The number of nitrogens with two attached hydrogens (primary N) is 3. The van der Waals surface area contributed by atoms with Gasteiger partial charge in [0.15, 0.2) is 0 Å². The van der Waals surface area contributed by atoms with Crippen molar-refractivity contribution in [2.75, 3.05) is 0 Å². The summed E-state index contributed by atoms with van der Waals surface area (Å²) in [6.07, 6.45) is 4.17. The summed E-state index contributed by atoms with van der Waals surface area (Å²) in [7, 11) is 0. The predicted molar refractivity (Wildman–Crippen MR) is 143 cm³/mol. The Bertz CT molecular complexity index is 1390. The first kappa shape index (κ1) is 26.3. The molecule has 36 heavy (non-hydrogen) atoms. The van der Waals surface area contributed by atoms with Crippen LogP contribution in [-0.2, 0) is 4.79 Å². The minimum atomic E-state index is -0.350. The standard InChI is InChI=1S/C26H23ClFN5.CH3NO/c1-16(22-6-2-3-11-31-22)13-23(29)33-26(17-7-9-20(28)10-8-17)24(30)19-14-18-5-4-12-32-25(18)21(27)15-19;2-1-3/h2-12,14-16H,13,30H2,1H3,(H2,29,33);1H,(H2,2,3)/b26-24-;. The molecule has 9 heteroatoms. The average molecular weight is 505 g/mol. The summed E-state index contributed by atoms with van der Waals surface area (Å²) in [5.74, 6) is 0.105. The predicted octanol–water partition coefficient (Wildman–Crippen LogP) is 4.86. The molecule has 1 unspecified atom stereocenters. The monoisotopic (exact) mass is 504 g/mol. The molecule has 1 amide bonds. The van der Waals surface area contributed by atoms with Crippen LogP contribution in [0.1, 0.15) is 36.1 Å². The van der Waals surface area contributed by atoms with Crippen molar-refractivity contribution in [2.24, 2.45) is 22.2 Å². The number of pyridine rings is 2. The number of amides is 1. The van der Waals surface area contributed by atoms with Crippen molar-refractivity contribution in [2.45, 2.75) is 19.3 Å². The van der Waals surface area contributed by atoms with Gasteiger partial charge in [-0.05, 0) is 54.6 Å². The van der Waals surface area contributed by atoms with E-state index in [9.17, 15) is 4.39 Å². The highest BCUT2D eigenvalue weighted by molar-refractivity contribution is 6.35. The van der Waals surface area contributed by atoms with E-state index in [1.165, 1.54) is 12.1 Å². The van der Waals surface area contributed by atoms with Crippen LogP contribution in [0.2, 0.25) is 5.02 Å². The topological polar surface area (TPSA) is 133 Å². The fraction of sp³-hybridized carbons (Fsp3) is 0.111. The molecular weight excluding hydrogens is 479 g/mol. The van der Waals surface area contributed by atoms with E-state index in [2.05, 4.69) is 20.7 Å². The molecule has 184 valence electrons. The summed E-state index contributed by atoms with van der Waals surface area (Å²) in [6.45, 7) is 2.03. The van der Waals surface area contributed by atoms with Gasteiger partial charge in [-0.25, -0.2) is 9.38 Å². The third-order valence-corrected chi connectivity index (χ3v) is 5.59. The maximum absolute atomic E-state index is 13.6. The Labute approximate surface area is 213 Å². The minimum absolute atomic E-state index is 0.0619. The highest BCUT2D eigenvalue weighted by Crippen LogP contribution is 2.30. The van der Waals surface area contributed by atoms with E-state index in [-0.39, 0.29) is 18.1 Å². The number of aliphatic imine (C=N–C) groups is 1. The summed E-state index contributed by atoms with van der Waals surface area (Å²) in [5.41, 5.74) is 20.8. The van der Waals surface area contributed by atoms with Crippen LogP contribution in [0.15, 0.2) is 84.1 Å². The van der Waals surface area contributed by atoms with Crippen molar-refractivity contribution in [3.8, 4) is 0 Å². The Morgan fingerprint density at radius 3 is 2.39 bits per heavy atom. The van der Waals surface area contributed by atoms with Gasteiger partial charge in [0.1, 0.15) is 11.7 Å². The lowest BCUT2D eigenvalue weighted by atomic mass is 10.0. The van der Waals surface area contributed by atoms with Crippen LogP contribution in [-0.4, -0.2) is 22.2 Å². The molecule has 2 aromatic carbocycles. The van der Waals surface area contributed by atoms with Gasteiger partial charge < -0.3 is 17.2 Å². The zero-order valence-corrected chi connectivity index (χ0v) is 20.4. The highest BCUT2D eigenvalue weighted by Gasteiger charge is 2.14. The van der Waals surface area contributed by atoms with E-state index < -0.39 is 0 Å². The van der Waals surface area contributed by atoms with Crippen LogP contribution in [0.4, 0.5) is 4.39 Å². The summed E-state index contributed by atoms with van der Waals surface area (Å²) >= 11 is 6.46. The molecule has 0 bridgehead atoms. The first-order valence-electron chi connectivity index (χ1n) is 11.0. The molecule has 0 fully saturated rings. The number of rotatable bonds is 6. The summed E-state index contributed by atoms with van der Waals surface area (Å²) < 4.78 is 13.6. The molecule has 0 radical (unpaired) electrons. The fourth-order valence-electron chi connectivity index (χ4n) is 3.60. The van der Waals surface area contributed by atoms with Gasteiger partial charge in [0.05, 0.1) is 21.9 Å². The second-order valence-electron chi connectivity index (χ2n) is 7.90. The van der Waals surface area contributed by atoms with Gasteiger partial charge in [-0.2, -0.15) is 0 Å². The average Bonchev–Trinajstić information content (AvgIpc) is 2.88. The summed E-state index contributed by atoms with van der Waals surface area (Å²) in [5, 5.41) is 1.33. The zero-order valence-electron chi connectivity index (χ0n) is 19.6. The number of nitrogens with zero attached hydrogens (tertiary/aromatic N) is 3. The van der Waals surface area contributed by atoms with E-state index in [1.54, 1.807) is 30.6 Å². The van der Waals surface area contributed by atoms with Crippen LogP contribution in [0.3, 0.4) is 0 Å².